The molecule has 0 saturated carbocycles. The quantitative estimate of drug-likeness (QED) is 0.570. The molecule has 0 amide bonds. The number of thiophene rings is 1. The Morgan fingerprint density at radius 1 is 1.57 bits per heavy atom. The summed E-state index contributed by atoms with van der Waals surface area (Å²) in [5.74, 6) is 0.855. The summed E-state index contributed by atoms with van der Waals surface area (Å²) in [5.41, 5.74) is -0.216. The maximum atomic E-state index is 12.5. The number of rotatable bonds is 8. The molecular weight excluding hydrogens is 334 g/mol. The highest BCUT2D eigenvalue weighted by Crippen LogP contribution is 2.38. The summed E-state index contributed by atoms with van der Waals surface area (Å²) in [6, 6.07) is 0.950. The molecule has 0 spiro atoms. The Balaban J connectivity index is 3.10. The van der Waals surface area contributed by atoms with E-state index in [2.05, 4.69) is 5.32 Å². The molecule has 1 heterocycles. The highest BCUT2D eigenvalue weighted by atomic mass is 32.2. The first-order valence-electron chi connectivity index (χ1n) is 6.18. The largest absolute Gasteiger partial charge is 0.374 e. The normalized spacial score (nSPS) is 13.4. The van der Waals surface area contributed by atoms with E-state index < -0.39 is 14.9 Å². The standard InChI is InChI=1S/C11H19N3O4S3/c1-8(5-6-19-4)13(3)21(17,18)10-7-9(14(15)16)11(12-2)20-10/h7-8,12H,5-6H2,1-4H3. The van der Waals surface area contributed by atoms with E-state index in [1.807, 2.05) is 13.2 Å². The monoisotopic (exact) mass is 353 g/mol. The average Bonchev–Trinajstić information content (AvgIpc) is 2.88. The molecule has 120 valence electrons. The van der Waals surface area contributed by atoms with Crippen molar-refractivity contribution >= 4 is 43.8 Å². The second-order valence-electron chi connectivity index (χ2n) is 4.44. The number of sulfonamides is 1. The lowest BCUT2D eigenvalue weighted by Gasteiger charge is -2.23. The smallest absolute Gasteiger partial charge is 0.304 e. The second-order valence-corrected chi connectivity index (χ2v) is 8.70. The Morgan fingerprint density at radius 3 is 2.62 bits per heavy atom. The molecule has 0 aromatic carbocycles. The van der Waals surface area contributed by atoms with Gasteiger partial charge in [0.2, 0.25) is 0 Å². The highest BCUT2D eigenvalue weighted by molar-refractivity contribution is 7.98. The van der Waals surface area contributed by atoms with Crippen molar-refractivity contribution in [2.24, 2.45) is 0 Å². The van der Waals surface area contributed by atoms with Crippen molar-refractivity contribution in [3.05, 3.63) is 16.2 Å². The van der Waals surface area contributed by atoms with Crippen molar-refractivity contribution in [3.63, 3.8) is 0 Å². The lowest BCUT2D eigenvalue weighted by molar-refractivity contribution is -0.383. The molecule has 1 atom stereocenters. The summed E-state index contributed by atoms with van der Waals surface area (Å²) in [6.45, 7) is 1.83. The Bertz CT molecular complexity index is 600. The number of thioether (sulfide) groups is 1. The predicted octanol–water partition coefficient (Wildman–Crippen LogP) is 2.46. The highest BCUT2D eigenvalue weighted by Gasteiger charge is 2.30. The van der Waals surface area contributed by atoms with E-state index in [9.17, 15) is 18.5 Å². The predicted molar refractivity (Wildman–Crippen MR) is 87.9 cm³/mol. The van der Waals surface area contributed by atoms with Crippen molar-refractivity contribution in [1.82, 2.24) is 4.31 Å². The van der Waals surface area contributed by atoms with Gasteiger partial charge in [-0.15, -0.1) is 0 Å². The molecule has 1 aromatic rings. The van der Waals surface area contributed by atoms with Crippen LogP contribution in [0.2, 0.25) is 0 Å². The minimum Gasteiger partial charge on any atom is -0.374 e. The Morgan fingerprint density at radius 2 is 2.19 bits per heavy atom. The van der Waals surface area contributed by atoms with Gasteiger partial charge in [0.25, 0.3) is 10.0 Å². The molecule has 10 heteroatoms. The van der Waals surface area contributed by atoms with Crippen LogP contribution in [-0.4, -0.2) is 49.8 Å². The van der Waals surface area contributed by atoms with Crippen LogP contribution in [0.4, 0.5) is 10.7 Å². The van der Waals surface area contributed by atoms with E-state index in [1.54, 1.807) is 11.8 Å². The van der Waals surface area contributed by atoms with E-state index in [4.69, 9.17) is 0 Å². The molecule has 0 aliphatic heterocycles. The van der Waals surface area contributed by atoms with Crippen LogP contribution < -0.4 is 5.32 Å². The maximum Gasteiger partial charge on any atom is 0.304 e. The topological polar surface area (TPSA) is 92.6 Å². The van der Waals surface area contributed by atoms with E-state index in [-0.39, 0.29) is 20.9 Å². The van der Waals surface area contributed by atoms with Crippen LogP contribution in [0.1, 0.15) is 13.3 Å². The lowest BCUT2D eigenvalue weighted by atomic mass is 10.3. The molecule has 0 fully saturated rings. The molecule has 0 saturated heterocycles. The van der Waals surface area contributed by atoms with Gasteiger partial charge in [0, 0.05) is 26.2 Å². The average molecular weight is 353 g/mol. The zero-order valence-corrected chi connectivity index (χ0v) is 14.8. The number of nitro groups is 1. The molecule has 1 unspecified atom stereocenters. The number of nitrogens with zero attached hydrogens (tertiary/aromatic N) is 2. The van der Waals surface area contributed by atoms with Crippen LogP contribution in [0.25, 0.3) is 0 Å². The molecule has 1 rings (SSSR count). The summed E-state index contributed by atoms with van der Waals surface area (Å²) in [6.07, 6.45) is 2.69. The molecule has 7 nitrogen and oxygen atoms in total. The van der Waals surface area contributed by atoms with Gasteiger partial charge in [-0.25, -0.2) is 8.42 Å². The Labute approximate surface area is 132 Å². The summed E-state index contributed by atoms with van der Waals surface area (Å²) in [4.78, 5) is 10.3. The lowest BCUT2D eigenvalue weighted by Crippen LogP contribution is -2.35. The summed E-state index contributed by atoms with van der Waals surface area (Å²) in [7, 11) is -0.683. The van der Waals surface area contributed by atoms with Crippen LogP contribution in [0.5, 0.6) is 0 Å². The Hall–Kier alpha value is -0.840. The number of hydrogen-bond acceptors (Lipinski definition) is 7. The van der Waals surface area contributed by atoms with E-state index >= 15 is 0 Å². The molecular formula is C11H19N3O4S3. The molecule has 0 radical (unpaired) electrons. The zero-order chi connectivity index (χ0) is 16.2. The van der Waals surface area contributed by atoms with E-state index in [0.717, 1.165) is 29.6 Å². The van der Waals surface area contributed by atoms with Gasteiger partial charge < -0.3 is 5.32 Å². The van der Waals surface area contributed by atoms with Crippen LogP contribution in [-0.2, 0) is 10.0 Å². The van der Waals surface area contributed by atoms with Crippen molar-refractivity contribution in [1.29, 1.82) is 0 Å². The van der Waals surface area contributed by atoms with Gasteiger partial charge >= 0.3 is 5.69 Å². The van der Waals surface area contributed by atoms with Crippen molar-refractivity contribution in [3.8, 4) is 0 Å². The van der Waals surface area contributed by atoms with Gasteiger partial charge in [0.15, 0.2) is 5.00 Å². The first-order chi connectivity index (χ1) is 9.75. The number of hydrogen-bond donors (Lipinski definition) is 1. The third-order valence-electron chi connectivity index (χ3n) is 3.11. The molecule has 0 bridgehead atoms. The second kappa shape index (κ2) is 7.43. The first-order valence-corrected chi connectivity index (χ1v) is 9.83. The molecule has 0 aliphatic carbocycles. The van der Waals surface area contributed by atoms with E-state index in [1.165, 1.54) is 18.4 Å². The summed E-state index contributed by atoms with van der Waals surface area (Å²) >= 11 is 2.53. The van der Waals surface area contributed by atoms with Crippen molar-refractivity contribution in [2.75, 3.05) is 31.4 Å². The first kappa shape index (κ1) is 18.2. The van der Waals surface area contributed by atoms with E-state index in [0.29, 0.717) is 0 Å². The summed E-state index contributed by atoms with van der Waals surface area (Å²) < 4.78 is 26.3. The van der Waals surface area contributed by atoms with Gasteiger partial charge in [-0.2, -0.15) is 16.1 Å². The minimum absolute atomic E-state index is 0.0166. The summed E-state index contributed by atoms with van der Waals surface area (Å²) in [5, 5.41) is 13.8. The van der Waals surface area contributed by atoms with Gasteiger partial charge in [-0.3, -0.25) is 10.1 Å². The third-order valence-corrected chi connectivity index (χ3v) is 7.31. The molecule has 1 N–H and O–H groups in total. The zero-order valence-electron chi connectivity index (χ0n) is 12.3. The Kier molecular flexibility index (Phi) is 6.44. The molecule has 0 aliphatic rings. The van der Waals surface area contributed by atoms with Crippen LogP contribution in [0.3, 0.4) is 0 Å². The number of anilines is 1. The van der Waals surface area contributed by atoms with Crippen LogP contribution >= 0.6 is 23.1 Å². The SMILES string of the molecule is CNc1sc(S(=O)(=O)N(C)C(C)CCSC)cc1[N+](=O)[O-]. The third kappa shape index (κ3) is 4.09. The fraction of sp³-hybridized carbons (Fsp3) is 0.636. The fourth-order valence-electron chi connectivity index (χ4n) is 1.65. The number of nitrogens with one attached hydrogen (secondary N) is 1. The van der Waals surface area contributed by atoms with Gasteiger partial charge in [0.1, 0.15) is 4.21 Å². The van der Waals surface area contributed by atoms with Crippen LogP contribution in [0, 0.1) is 10.1 Å². The van der Waals surface area contributed by atoms with Gasteiger partial charge in [0.05, 0.1) is 4.92 Å². The van der Waals surface area contributed by atoms with Gasteiger partial charge in [-0.1, -0.05) is 11.3 Å². The molecule has 1 aromatic heterocycles. The van der Waals surface area contributed by atoms with Crippen LogP contribution in [0.15, 0.2) is 10.3 Å². The fourth-order valence-corrected chi connectivity index (χ4v) is 5.09. The minimum atomic E-state index is -3.72. The van der Waals surface area contributed by atoms with Crippen molar-refractivity contribution < 1.29 is 13.3 Å². The van der Waals surface area contributed by atoms with Crippen molar-refractivity contribution in [2.45, 2.75) is 23.6 Å². The molecule has 21 heavy (non-hydrogen) atoms. The van der Waals surface area contributed by atoms with Gasteiger partial charge in [-0.05, 0) is 25.4 Å². The maximum absolute atomic E-state index is 12.5.